The molecule has 0 unspecified atom stereocenters. The maximum atomic E-state index is 11.8. The molecule has 0 radical (unpaired) electrons. The molecular formula is C7H11N5O5S2. The van der Waals surface area contributed by atoms with E-state index in [1.165, 1.54) is 0 Å². The third kappa shape index (κ3) is 3.85. The van der Waals surface area contributed by atoms with Gasteiger partial charge in [0.15, 0.2) is 5.00 Å². The van der Waals surface area contributed by atoms with Gasteiger partial charge in [-0.2, -0.15) is 0 Å². The average molecular weight is 309 g/mol. The predicted octanol–water partition coefficient (Wildman–Crippen LogP) is -0.904. The maximum absolute atomic E-state index is 11.8. The number of nitrogens with two attached hydrogens (primary N) is 2. The van der Waals surface area contributed by atoms with Crippen LogP contribution < -0.4 is 21.7 Å². The number of sulfonamides is 1. The Morgan fingerprint density at radius 3 is 2.58 bits per heavy atom. The lowest BCUT2D eigenvalue weighted by Crippen LogP contribution is -2.27. The summed E-state index contributed by atoms with van der Waals surface area (Å²) in [6.07, 6.45) is -0.172. The van der Waals surface area contributed by atoms with Crippen molar-refractivity contribution in [2.75, 3.05) is 12.0 Å². The van der Waals surface area contributed by atoms with Gasteiger partial charge in [0.05, 0.1) is 4.92 Å². The zero-order chi connectivity index (χ0) is 14.6. The highest BCUT2D eigenvalue weighted by Gasteiger charge is 2.25. The number of nitrogens with zero attached hydrogens (tertiary/aromatic N) is 1. The van der Waals surface area contributed by atoms with Crippen LogP contribution in [0.15, 0.2) is 10.3 Å². The number of hydrazine groups is 1. The molecule has 106 valence electrons. The number of nitrogens with one attached hydrogen (secondary N) is 2. The molecule has 1 heterocycles. The lowest BCUT2D eigenvalue weighted by atomic mass is 10.4. The molecule has 0 bridgehead atoms. The standard InChI is InChI=1S/C7H11N5O5S2/c8-5(13)1-2-10-19(16,17)6-3-4(12(14)15)7(11-9)18-6/h3,10-11H,1-2,9H2,(H2,8,13). The average Bonchev–Trinajstić information content (AvgIpc) is 2.72. The van der Waals surface area contributed by atoms with E-state index in [0.717, 1.165) is 6.07 Å². The Kier molecular flexibility index (Phi) is 4.77. The highest BCUT2D eigenvalue weighted by atomic mass is 32.2. The summed E-state index contributed by atoms with van der Waals surface area (Å²) in [5.41, 5.74) is 6.48. The van der Waals surface area contributed by atoms with Gasteiger partial charge in [0, 0.05) is 19.0 Å². The Bertz CT molecular complexity index is 595. The van der Waals surface area contributed by atoms with Gasteiger partial charge in [0.25, 0.3) is 0 Å². The Hall–Kier alpha value is -1.76. The van der Waals surface area contributed by atoms with Crippen molar-refractivity contribution in [1.29, 1.82) is 0 Å². The van der Waals surface area contributed by atoms with Gasteiger partial charge in [0.1, 0.15) is 4.21 Å². The van der Waals surface area contributed by atoms with Gasteiger partial charge >= 0.3 is 5.69 Å². The summed E-state index contributed by atoms with van der Waals surface area (Å²) in [6, 6.07) is 0.881. The molecule has 0 aliphatic carbocycles. The van der Waals surface area contributed by atoms with E-state index in [1.54, 1.807) is 0 Å². The minimum atomic E-state index is -3.94. The van der Waals surface area contributed by atoms with Crippen LogP contribution in [0.5, 0.6) is 0 Å². The van der Waals surface area contributed by atoms with Crippen molar-refractivity contribution in [3.63, 3.8) is 0 Å². The molecule has 0 fully saturated rings. The van der Waals surface area contributed by atoms with Crippen molar-refractivity contribution in [1.82, 2.24) is 4.72 Å². The number of anilines is 1. The van der Waals surface area contributed by atoms with E-state index in [2.05, 4.69) is 10.1 Å². The fourth-order valence-corrected chi connectivity index (χ4v) is 3.42. The molecule has 12 heteroatoms. The summed E-state index contributed by atoms with van der Waals surface area (Å²) in [5, 5.41) is 10.6. The molecule has 0 saturated heterocycles. The molecule has 1 rings (SSSR count). The number of nitro groups is 1. The second-order valence-electron chi connectivity index (χ2n) is 3.30. The van der Waals surface area contributed by atoms with Crippen molar-refractivity contribution >= 4 is 38.0 Å². The van der Waals surface area contributed by atoms with Crippen LogP contribution in [0, 0.1) is 10.1 Å². The van der Waals surface area contributed by atoms with E-state index >= 15 is 0 Å². The Labute approximate surface area is 111 Å². The molecule has 1 amide bonds. The van der Waals surface area contributed by atoms with Crippen molar-refractivity contribution in [2.45, 2.75) is 10.6 Å². The van der Waals surface area contributed by atoms with Crippen LogP contribution >= 0.6 is 11.3 Å². The van der Waals surface area contributed by atoms with Crippen LogP contribution in [-0.2, 0) is 14.8 Å². The van der Waals surface area contributed by atoms with Gasteiger partial charge in [-0.1, -0.05) is 11.3 Å². The van der Waals surface area contributed by atoms with E-state index in [4.69, 9.17) is 11.6 Å². The number of hydrogen-bond donors (Lipinski definition) is 4. The van der Waals surface area contributed by atoms with Crippen LogP contribution in [0.1, 0.15) is 6.42 Å². The molecule has 0 aromatic carbocycles. The molecule has 1 aromatic rings. The predicted molar refractivity (Wildman–Crippen MR) is 67.8 cm³/mol. The van der Waals surface area contributed by atoms with Crippen LogP contribution in [0.25, 0.3) is 0 Å². The van der Waals surface area contributed by atoms with Crippen molar-refractivity contribution in [2.24, 2.45) is 11.6 Å². The van der Waals surface area contributed by atoms with Crippen molar-refractivity contribution in [3.05, 3.63) is 16.2 Å². The van der Waals surface area contributed by atoms with E-state index in [1.807, 2.05) is 0 Å². The Morgan fingerprint density at radius 2 is 2.16 bits per heavy atom. The minimum Gasteiger partial charge on any atom is -0.370 e. The largest absolute Gasteiger partial charge is 0.370 e. The minimum absolute atomic E-state index is 0.0831. The first-order valence-corrected chi connectivity index (χ1v) is 7.10. The number of hydrogen-bond acceptors (Lipinski definition) is 8. The Morgan fingerprint density at radius 1 is 1.53 bits per heavy atom. The van der Waals surface area contributed by atoms with Crippen LogP contribution in [-0.4, -0.2) is 25.8 Å². The number of primary amides is 1. The fourth-order valence-electron chi connectivity index (χ4n) is 1.11. The van der Waals surface area contributed by atoms with Crippen LogP contribution in [0.3, 0.4) is 0 Å². The lowest BCUT2D eigenvalue weighted by Gasteiger charge is -2.01. The quantitative estimate of drug-likeness (QED) is 0.287. The fraction of sp³-hybridized carbons (Fsp3) is 0.286. The molecule has 0 aliphatic rings. The van der Waals surface area contributed by atoms with E-state index in [9.17, 15) is 23.3 Å². The van der Waals surface area contributed by atoms with Gasteiger partial charge in [-0.05, 0) is 0 Å². The first-order valence-electron chi connectivity index (χ1n) is 4.80. The second kappa shape index (κ2) is 5.92. The topological polar surface area (TPSA) is 170 Å². The van der Waals surface area contributed by atoms with E-state index in [0.29, 0.717) is 11.3 Å². The van der Waals surface area contributed by atoms with Gasteiger partial charge < -0.3 is 11.2 Å². The van der Waals surface area contributed by atoms with Crippen LogP contribution in [0.2, 0.25) is 0 Å². The molecule has 1 aromatic heterocycles. The molecule has 19 heavy (non-hydrogen) atoms. The molecule has 0 aliphatic heterocycles. The first kappa shape index (κ1) is 15.3. The number of rotatable bonds is 7. The number of nitrogen functional groups attached to an aromatic ring is 1. The SMILES string of the molecule is NNc1sc(S(=O)(=O)NCCC(N)=O)cc1[N+](=O)[O-]. The van der Waals surface area contributed by atoms with Gasteiger partial charge in [0.2, 0.25) is 15.9 Å². The van der Waals surface area contributed by atoms with Crippen LogP contribution in [0.4, 0.5) is 10.7 Å². The maximum Gasteiger partial charge on any atom is 0.306 e. The summed E-state index contributed by atoms with van der Waals surface area (Å²) in [5.74, 6) is 4.40. The molecule has 10 nitrogen and oxygen atoms in total. The first-order chi connectivity index (χ1) is 8.77. The van der Waals surface area contributed by atoms with Gasteiger partial charge in [-0.15, -0.1) is 0 Å². The van der Waals surface area contributed by atoms with Gasteiger partial charge in [-0.3, -0.25) is 14.9 Å². The van der Waals surface area contributed by atoms with E-state index in [-0.39, 0.29) is 22.2 Å². The molecule has 0 saturated carbocycles. The highest BCUT2D eigenvalue weighted by molar-refractivity contribution is 7.91. The van der Waals surface area contributed by atoms with Gasteiger partial charge in [-0.25, -0.2) is 19.0 Å². The molecular weight excluding hydrogens is 298 g/mol. The summed E-state index contributed by atoms with van der Waals surface area (Å²) in [4.78, 5) is 20.4. The normalized spacial score (nSPS) is 11.2. The van der Waals surface area contributed by atoms with E-state index < -0.39 is 26.5 Å². The number of carbonyl (C=O) groups excluding carboxylic acids is 1. The lowest BCUT2D eigenvalue weighted by molar-refractivity contribution is -0.383. The molecule has 0 atom stereocenters. The second-order valence-corrected chi connectivity index (χ2v) is 6.34. The van der Waals surface area contributed by atoms with Crippen molar-refractivity contribution < 1.29 is 18.1 Å². The number of thiophene rings is 1. The smallest absolute Gasteiger partial charge is 0.306 e. The molecule has 6 N–H and O–H groups in total. The molecule has 0 spiro atoms. The zero-order valence-corrected chi connectivity index (χ0v) is 11.1. The monoisotopic (exact) mass is 309 g/mol. The Balaban J connectivity index is 2.95. The third-order valence-electron chi connectivity index (χ3n) is 1.95. The van der Waals surface area contributed by atoms with Crippen molar-refractivity contribution in [3.8, 4) is 0 Å². The summed E-state index contributed by atoms with van der Waals surface area (Å²) < 4.78 is 25.4. The number of amides is 1. The summed E-state index contributed by atoms with van der Waals surface area (Å²) >= 11 is 0.609. The zero-order valence-electron chi connectivity index (χ0n) is 9.45. The highest BCUT2D eigenvalue weighted by Crippen LogP contribution is 2.36. The third-order valence-corrected chi connectivity index (χ3v) is 4.94. The number of carbonyl (C=O) groups is 1. The summed E-state index contributed by atoms with van der Waals surface area (Å²) in [6.45, 7) is -0.186. The summed E-state index contributed by atoms with van der Waals surface area (Å²) in [7, 11) is -3.94.